The van der Waals surface area contributed by atoms with Crippen molar-refractivity contribution in [2.24, 2.45) is 0 Å². The molecule has 8 heavy (non-hydrogen) atoms. The molecule has 0 amide bonds. The maximum absolute atomic E-state index is 9.64. The van der Waals surface area contributed by atoms with Crippen molar-refractivity contribution in [1.82, 2.24) is 0 Å². The predicted molar refractivity (Wildman–Crippen MR) is 24.5 cm³/mol. The van der Waals surface area contributed by atoms with E-state index in [0.29, 0.717) is 0 Å². The normalized spacial score (nSPS) is 8.50. The Balaban J connectivity index is 3.18. The molecule has 0 atom stereocenters. The number of rotatable bonds is 3. The summed E-state index contributed by atoms with van der Waals surface area (Å²) in [6.07, 6.45) is -0.593. The number of carboxylic acid groups (broad SMARTS) is 2. The Morgan fingerprint density at radius 3 is 1.38 bits per heavy atom. The minimum Gasteiger partial charge on any atom is -0.481 e. The van der Waals surface area contributed by atoms with Gasteiger partial charge in [-0.05, 0) is 0 Å². The predicted octanol–water partition coefficient (Wildman–Crippen LogP) is -0.0642. The van der Waals surface area contributed by atoms with Crippen LogP contribution in [-0.2, 0) is 9.59 Å². The molecule has 2 N–H and O–H groups in total. The lowest BCUT2D eigenvalue weighted by Crippen LogP contribution is -2.00. The summed E-state index contributed by atoms with van der Waals surface area (Å²) in [5.74, 6) is -2.15. The van der Waals surface area contributed by atoms with Crippen LogP contribution in [0.15, 0.2) is 0 Å². The van der Waals surface area contributed by atoms with E-state index in [1.807, 2.05) is 0 Å². The van der Waals surface area contributed by atoms with Crippen LogP contribution in [0.25, 0.3) is 0 Å². The monoisotopic (exact) mass is 119 g/mol. The van der Waals surface area contributed by atoms with E-state index in [2.05, 4.69) is 0 Å². The lowest BCUT2D eigenvalue weighted by Gasteiger charge is -1.85. The van der Waals surface area contributed by atoms with E-state index < -0.39 is 11.9 Å². The van der Waals surface area contributed by atoms with Gasteiger partial charge in [-0.25, -0.2) is 0 Å². The van der Waals surface area contributed by atoms with Crippen LogP contribution in [0.2, 0.25) is 0 Å². The molecule has 4 heteroatoms. The molecule has 46 valence electrons. The fourth-order valence-corrected chi connectivity index (χ4v) is 0.214. The summed E-state index contributed by atoms with van der Waals surface area (Å²) in [6, 6.07) is 0. The zero-order valence-corrected chi connectivity index (χ0v) is 4.13. The van der Waals surface area contributed by atoms with E-state index in [1.54, 1.807) is 0 Å². The number of hydrogen-bond acceptors (Lipinski definition) is 2. The molecule has 0 fully saturated rings. The smallest absolute Gasteiger partial charge is 0.303 e. The summed E-state index contributed by atoms with van der Waals surface area (Å²) in [5.41, 5.74) is 0. The molecule has 0 saturated heterocycles. The Morgan fingerprint density at radius 1 is 1.00 bits per heavy atom. The summed E-state index contributed by atoms with van der Waals surface area (Å²) in [5, 5.41) is 15.8. The van der Waals surface area contributed by atoms with E-state index >= 15 is 0 Å². The Hall–Kier alpha value is -1.06. The average molecular weight is 119 g/mol. The molecule has 4 nitrogen and oxygen atoms in total. The van der Waals surface area contributed by atoms with Crippen molar-refractivity contribution < 1.29 is 19.8 Å². The molecule has 0 radical (unpaired) electrons. The quantitative estimate of drug-likeness (QED) is 0.510. The first-order valence-electron chi connectivity index (χ1n) is 2.06. The van der Waals surface area contributed by atoms with Gasteiger partial charge in [0.2, 0.25) is 0 Å². The molecule has 0 bridgehead atoms. The zero-order valence-electron chi connectivity index (χ0n) is 4.13. The van der Waals surface area contributed by atoms with Gasteiger partial charge in [0.25, 0.3) is 0 Å². The second-order valence-electron chi connectivity index (χ2n) is 1.29. The summed E-state index contributed by atoms with van der Waals surface area (Å²) < 4.78 is 0. The van der Waals surface area contributed by atoms with Crippen LogP contribution in [0.3, 0.4) is 0 Å². The summed E-state index contributed by atoms with van der Waals surface area (Å²) in [4.78, 5) is 19.3. The van der Waals surface area contributed by atoms with Crippen molar-refractivity contribution in [3.8, 4) is 0 Å². The SMILES string of the molecule is O=C(O)C[13CH2]C(=O)O. The minimum absolute atomic E-state index is 0.296. The Kier molecular flexibility index (Phi) is 2.61. The Bertz CT molecular complexity index is 92.6. The Morgan fingerprint density at radius 2 is 1.25 bits per heavy atom. The third-order valence-electron chi connectivity index (χ3n) is 0.553. The molecule has 0 aliphatic carbocycles. The number of carboxylic acids is 2. The first-order valence-corrected chi connectivity index (χ1v) is 2.06. The molecular formula is C4H6O4. The lowest BCUT2D eigenvalue weighted by molar-refractivity contribution is -0.143. The summed E-state index contributed by atoms with van der Waals surface area (Å²) >= 11 is 0. The highest BCUT2D eigenvalue weighted by atomic mass is 16.4. The molecule has 0 aromatic rings. The van der Waals surface area contributed by atoms with E-state index in [1.165, 1.54) is 0 Å². The average Bonchev–Trinajstić information content (AvgIpc) is 1.61. The molecule has 0 aromatic carbocycles. The highest BCUT2D eigenvalue weighted by molar-refractivity contribution is 5.75. The number of carbonyl (C=O) groups is 2. The molecule has 0 heterocycles. The Labute approximate surface area is 45.7 Å². The van der Waals surface area contributed by atoms with E-state index in [-0.39, 0.29) is 12.8 Å². The van der Waals surface area contributed by atoms with Gasteiger partial charge in [0.05, 0.1) is 12.8 Å². The molecule has 0 aromatic heterocycles. The van der Waals surface area contributed by atoms with Crippen LogP contribution in [0, 0.1) is 0 Å². The van der Waals surface area contributed by atoms with Gasteiger partial charge >= 0.3 is 11.9 Å². The molecule has 0 aliphatic heterocycles. The topological polar surface area (TPSA) is 74.6 Å². The van der Waals surface area contributed by atoms with E-state index in [9.17, 15) is 9.59 Å². The van der Waals surface area contributed by atoms with Crippen LogP contribution < -0.4 is 0 Å². The van der Waals surface area contributed by atoms with Crippen LogP contribution in [0.5, 0.6) is 0 Å². The van der Waals surface area contributed by atoms with Gasteiger partial charge in [0.1, 0.15) is 0 Å². The highest BCUT2D eigenvalue weighted by Crippen LogP contribution is 1.85. The van der Waals surface area contributed by atoms with Gasteiger partial charge in [-0.2, -0.15) is 0 Å². The first-order chi connectivity index (χ1) is 3.63. The van der Waals surface area contributed by atoms with Crippen molar-refractivity contribution >= 4 is 11.9 Å². The van der Waals surface area contributed by atoms with Gasteiger partial charge in [-0.1, -0.05) is 0 Å². The van der Waals surface area contributed by atoms with Gasteiger partial charge in [-0.15, -0.1) is 0 Å². The van der Waals surface area contributed by atoms with Crippen LogP contribution in [0.1, 0.15) is 12.8 Å². The second kappa shape index (κ2) is 3.01. The largest absolute Gasteiger partial charge is 0.481 e. The van der Waals surface area contributed by atoms with Crippen molar-refractivity contribution in [2.75, 3.05) is 0 Å². The molecule has 0 unspecified atom stereocenters. The van der Waals surface area contributed by atoms with Gasteiger partial charge in [0.15, 0.2) is 0 Å². The van der Waals surface area contributed by atoms with E-state index in [4.69, 9.17) is 10.2 Å². The van der Waals surface area contributed by atoms with Crippen LogP contribution >= 0.6 is 0 Å². The fraction of sp³-hybridized carbons (Fsp3) is 0.500. The maximum Gasteiger partial charge on any atom is 0.303 e. The van der Waals surface area contributed by atoms with Gasteiger partial charge in [-0.3, -0.25) is 9.59 Å². The van der Waals surface area contributed by atoms with Gasteiger partial charge in [0, 0.05) is 0 Å². The first kappa shape index (κ1) is 6.94. The van der Waals surface area contributed by atoms with E-state index in [0.717, 1.165) is 0 Å². The van der Waals surface area contributed by atoms with Crippen molar-refractivity contribution in [3.63, 3.8) is 0 Å². The fourth-order valence-electron chi connectivity index (χ4n) is 0.214. The highest BCUT2D eigenvalue weighted by Gasteiger charge is 2.00. The third kappa shape index (κ3) is 4.94. The van der Waals surface area contributed by atoms with Crippen LogP contribution in [-0.4, -0.2) is 22.2 Å². The molecule has 0 aliphatic rings. The summed E-state index contributed by atoms with van der Waals surface area (Å²) in [6.45, 7) is 0. The maximum atomic E-state index is 9.64. The second-order valence-corrected chi connectivity index (χ2v) is 1.29. The third-order valence-corrected chi connectivity index (χ3v) is 0.553. The van der Waals surface area contributed by atoms with Gasteiger partial charge < -0.3 is 10.2 Å². The molecule has 0 saturated carbocycles. The minimum atomic E-state index is -1.08. The van der Waals surface area contributed by atoms with Crippen molar-refractivity contribution in [1.29, 1.82) is 0 Å². The standard InChI is InChI=1S/C4H6O4/c5-3(6)1-2-4(7)8/h1-2H2,(H,5,6)(H,7,8)/i1+1. The lowest BCUT2D eigenvalue weighted by atomic mass is 10.5. The van der Waals surface area contributed by atoms with Crippen molar-refractivity contribution in [2.45, 2.75) is 12.8 Å². The van der Waals surface area contributed by atoms with Crippen molar-refractivity contribution in [3.05, 3.63) is 0 Å². The summed E-state index contributed by atoms with van der Waals surface area (Å²) in [7, 11) is 0. The van der Waals surface area contributed by atoms with Crippen LogP contribution in [0.4, 0.5) is 0 Å². The molecular weight excluding hydrogens is 113 g/mol. The number of aliphatic carboxylic acids is 2. The molecule has 0 spiro atoms. The zero-order chi connectivity index (χ0) is 6.57. The molecule has 0 rings (SSSR count). The number of hydrogen-bond donors (Lipinski definition) is 2.